The van der Waals surface area contributed by atoms with Gasteiger partial charge in [-0.1, -0.05) is 6.92 Å². The fourth-order valence-electron chi connectivity index (χ4n) is 2.44. The standard InChI is InChI=1S/C15H25N3O2S/c1-2-7-18-11-15(8-14(18)10-16-13-5-6-13)21(19,20)17-9-12-3-4-12/h8,11-13,16-17H,2-7,9-10H2,1H3. The van der Waals surface area contributed by atoms with Crippen molar-refractivity contribution in [3.05, 3.63) is 18.0 Å². The molecule has 0 aromatic carbocycles. The van der Waals surface area contributed by atoms with E-state index in [0.717, 1.165) is 38.0 Å². The summed E-state index contributed by atoms with van der Waals surface area (Å²) in [5.74, 6) is 0.550. The Bertz CT molecular complexity index is 586. The van der Waals surface area contributed by atoms with E-state index in [1.165, 1.54) is 12.8 Å². The summed E-state index contributed by atoms with van der Waals surface area (Å²) in [6, 6.07) is 2.45. The Hall–Kier alpha value is -0.850. The highest BCUT2D eigenvalue weighted by molar-refractivity contribution is 7.89. The average Bonchev–Trinajstić information content (AvgIpc) is 3.35. The van der Waals surface area contributed by atoms with Gasteiger partial charge in [-0.3, -0.25) is 0 Å². The van der Waals surface area contributed by atoms with Gasteiger partial charge in [0.2, 0.25) is 10.0 Å². The molecular weight excluding hydrogens is 286 g/mol. The van der Waals surface area contributed by atoms with Gasteiger partial charge in [0.25, 0.3) is 0 Å². The van der Waals surface area contributed by atoms with Crippen LogP contribution in [0, 0.1) is 5.92 Å². The molecule has 0 amide bonds. The predicted octanol–water partition coefficient (Wildman–Crippen LogP) is 1.84. The summed E-state index contributed by atoms with van der Waals surface area (Å²) in [5.41, 5.74) is 1.07. The number of hydrogen-bond donors (Lipinski definition) is 2. The van der Waals surface area contributed by atoms with Gasteiger partial charge in [0.05, 0.1) is 4.90 Å². The van der Waals surface area contributed by atoms with Crippen LogP contribution in [0.1, 0.15) is 44.7 Å². The van der Waals surface area contributed by atoms with Crippen molar-refractivity contribution in [1.29, 1.82) is 0 Å². The highest BCUT2D eigenvalue weighted by atomic mass is 32.2. The quantitative estimate of drug-likeness (QED) is 0.731. The highest BCUT2D eigenvalue weighted by Gasteiger charge is 2.26. The van der Waals surface area contributed by atoms with Crippen molar-refractivity contribution in [2.75, 3.05) is 6.54 Å². The van der Waals surface area contributed by atoms with Gasteiger partial charge in [0.1, 0.15) is 0 Å². The molecule has 0 saturated heterocycles. The van der Waals surface area contributed by atoms with E-state index in [1.807, 2.05) is 6.07 Å². The Morgan fingerprint density at radius 2 is 2.05 bits per heavy atom. The third kappa shape index (κ3) is 4.08. The molecule has 0 radical (unpaired) electrons. The second kappa shape index (κ2) is 6.10. The molecule has 0 bridgehead atoms. The SMILES string of the molecule is CCCn1cc(S(=O)(=O)NCC2CC2)cc1CNC1CC1. The molecule has 0 spiro atoms. The zero-order valence-corrected chi connectivity index (χ0v) is 13.5. The molecule has 2 saturated carbocycles. The van der Waals surface area contributed by atoms with Gasteiger partial charge < -0.3 is 9.88 Å². The first kappa shape index (κ1) is 15.1. The maximum atomic E-state index is 12.3. The number of hydrogen-bond acceptors (Lipinski definition) is 3. The van der Waals surface area contributed by atoms with E-state index in [4.69, 9.17) is 0 Å². The summed E-state index contributed by atoms with van der Waals surface area (Å²) in [4.78, 5) is 0.407. The van der Waals surface area contributed by atoms with Crippen LogP contribution in [0.4, 0.5) is 0 Å². The normalized spacial score (nSPS) is 19.1. The minimum absolute atomic E-state index is 0.407. The van der Waals surface area contributed by atoms with Crippen LogP contribution in [0.3, 0.4) is 0 Å². The number of rotatable bonds is 9. The van der Waals surface area contributed by atoms with Crippen LogP contribution in [0.25, 0.3) is 0 Å². The van der Waals surface area contributed by atoms with Crippen LogP contribution in [-0.4, -0.2) is 25.6 Å². The smallest absolute Gasteiger partial charge is 0.242 e. The van der Waals surface area contributed by atoms with Crippen LogP contribution in [0.5, 0.6) is 0 Å². The topological polar surface area (TPSA) is 63.1 Å². The van der Waals surface area contributed by atoms with Gasteiger partial charge in [-0.15, -0.1) is 0 Å². The van der Waals surface area contributed by atoms with E-state index in [0.29, 0.717) is 23.4 Å². The molecule has 2 N–H and O–H groups in total. The first-order chi connectivity index (χ1) is 10.1. The van der Waals surface area contributed by atoms with Crippen molar-refractivity contribution in [1.82, 2.24) is 14.6 Å². The summed E-state index contributed by atoms with van der Waals surface area (Å²) >= 11 is 0. The van der Waals surface area contributed by atoms with E-state index >= 15 is 0 Å². The molecule has 5 nitrogen and oxygen atoms in total. The fraction of sp³-hybridized carbons (Fsp3) is 0.733. The first-order valence-electron chi connectivity index (χ1n) is 8.00. The van der Waals surface area contributed by atoms with Gasteiger partial charge >= 0.3 is 0 Å². The molecule has 6 heteroatoms. The minimum Gasteiger partial charge on any atom is -0.349 e. The Kier molecular flexibility index (Phi) is 4.38. The molecule has 1 heterocycles. The maximum absolute atomic E-state index is 12.3. The third-order valence-corrected chi connectivity index (χ3v) is 5.53. The molecule has 2 aliphatic carbocycles. The summed E-state index contributed by atoms with van der Waals surface area (Å²) < 4.78 is 29.5. The molecule has 21 heavy (non-hydrogen) atoms. The molecule has 1 aromatic heterocycles. The van der Waals surface area contributed by atoms with E-state index in [2.05, 4.69) is 21.5 Å². The zero-order valence-electron chi connectivity index (χ0n) is 12.6. The van der Waals surface area contributed by atoms with Gasteiger partial charge in [0.15, 0.2) is 0 Å². The second-order valence-electron chi connectivity index (χ2n) is 6.31. The molecule has 2 aliphatic rings. The van der Waals surface area contributed by atoms with Crippen LogP contribution in [0.15, 0.2) is 17.2 Å². The van der Waals surface area contributed by atoms with E-state index in [1.54, 1.807) is 6.20 Å². The number of nitrogens with one attached hydrogen (secondary N) is 2. The van der Waals surface area contributed by atoms with Crippen LogP contribution >= 0.6 is 0 Å². The number of aryl methyl sites for hydroxylation is 1. The molecule has 2 fully saturated rings. The molecule has 3 rings (SSSR count). The number of aromatic nitrogens is 1. The number of sulfonamides is 1. The Balaban J connectivity index is 1.71. The highest BCUT2D eigenvalue weighted by Crippen LogP contribution is 2.28. The van der Waals surface area contributed by atoms with Crippen LogP contribution in [-0.2, 0) is 23.1 Å². The van der Waals surface area contributed by atoms with Crippen molar-refractivity contribution in [2.45, 2.75) is 63.1 Å². The monoisotopic (exact) mass is 311 g/mol. The van der Waals surface area contributed by atoms with E-state index < -0.39 is 10.0 Å². The molecule has 0 unspecified atom stereocenters. The van der Waals surface area contributed by atoms with Crippen LogP contribution < -0.4 is 10.0 Å². The van der Waals surface area contributed by atoms with Crippen molar-refractivity contribution < 1.29 is 8.42 Å². The minimum atomic E-state index is -3.36. The Morgan fingerprint density at radius 1 is 1.29 bits per heavy atom. The van der Waals surface area contributed by atoms with Crippen molar-refractivity contribution >= 4 is 10.0 Å². The van der Waals surface area contributed by atoms with Gasteiger partial charge in [0, 0.05) is 37.6 Å². The maximum Gasteiger partial charge on any atom is 0.242 e. The lowest BCUT2D eigenvalue weighted by atomic mass is 10.4. The van der Waals surface area contributed by atoms with Crippen molar-refractivity contribution in [3.8, 4) is 0 Å². The van der Waals surface area contributed by atoms with Gasteiger partial charge in [-0.05, 0) is 44.1 Å². The lowest BCUT2D eigenvalue weighted by molar-refractivity contribution is 0.576. The van der Waals surface area contributed by atoms with Gasteiger partial charge in [-0.25, -0.2) is 13.1 Å². The molecular formula is C15H25N3O2S. The molecule has 0 aliphatic heterocycles. The van der Waals surface area contributed by atoms with Crippen molar-refractivity contribution in [2.24, 2.45) is 5.92 Å². The largest absolute Gasteiger partial charge is 0.349 e. The van der Waals surface area contributed by atoms with Gasteiger partial charge in [-0.2, -0.15) is 0 Å². The summed E-state index contributed by atoms with van der Waals surface area (Å²) in [5, 5.41) is 3.46. The number of nitrogens with zero attached hydrogens (tertiary/aromatic N) is 1. The second-order valence-corrected chi connectivity index (χ2v) is 8.08. The third-order valence-electron chi connectivity index (χ3n) is 4.14. The fourth-order valence-corrected chi connectivity index (χ4v) is 3.62. The van der Waals surface area contributed by atoms with E-state index in [9.17, 15) is 8.42 Å². The van der Waals surface area contributed by atoms with E-state index in [-0.39, 0.29) is 0 Å². The molecule has 118 valence electrons. The molecule has 0 atom stereocenters. The Morgan fingerprint density at radius 3 is 2.67 bits per heavy atom. The molecule has 1 aromatic rings. The van der Waals surface area contributed by atoms with Crippen LogP contribution in [0.2, 0.25) is 0 Å². The zero-order chi connectivity index (χ0) is 14.9. The first-order valence-corrected chi connectivity index (χ1v) is 9.49. The predicted molar refractivity (Wildman–Crippen MR) is 82.5 cm³/mol. The Labute approximate surface area is 127 Å². The summed E-state index contributed by atoms with van der Waals surface area (Å²) in [7, 11) is -3.36. The summed E-state index contributed by atoms with van der Waals surface area (Å²) in [6.45, 7) is 4.30. The lowest BCUT2D eigenvalue weighted by Gasteiger charge is -2.07. The average molecular weight is 311 g/mol. The lowest BCUT2D eigenvalue weighted by Crippen LogP contribution is -2.25. The summed E-state index contributed by atoms with van der Waals surface area (Å²) in [6.07, 6.45) is 7.56. The van der Waals surface area contributed by atoms with Crippen molar-refractivity contribution in [3.63, 3.8) is 0 Å².